The van der Waals surface area contributed by atoms with E-state index >= 15 is 0 Å². The zero-order chi connectivity index (χ0) is 11.8. The van der Waals surface area contributed by atoms with E-state index in [4.69, 9.17) is 17.0 Å². The van der Waals surface area contributed by atoms with Crippen LogP contribution in [0.15, 0.2) is 28.1 Å². The Morgan fingerprint density at radius 3 is 3.18 bits per heavy atom. The topological polar surface area (TPSA) is 24.8 Å². The summed E-state index contributed by atoms with van der Waals surface area (Å²) in [7, 11) is 1.68. The number of thioether (sulfide) groups is 1. The fourth-order valence-corrected chi connectivity index (χ4v) is 3.38. The van der Waals surface area contributed by atoms with Gasteiger partial charge in [0.05, 0.1) is 7.11 Å². The van der Waals surface area contributed by atoms with Gasteiger partial charge >= 0.3 is 0 Å². The lowest BCUT2D eigenvalue weighted by molar-refractivity contribution is 0.414. The first-order chi connectivity index (χ1) is 8.29. The van der Waals surface area contributed by atoms with Gasteiger partial charge in [-0.25, -0.2) is 0 Å². The van der Waals surface area contributed by atoms with Crippen LogP contribution < -0.4 is 4.74 Å². The normalized spacial score (nSPS) is 18.3. The average Bonchev–Trinajstić information content (AvgIpc) is 2.39. The summed E-state index contributed by atoms with van der Waals surface area (Å²) in [5.41, 5.74) is 1.14. The Kier molecular flexibility index (Phi) is 2.80. The van der Waals surface area contributed by atoms with Crippen LogP contribution in [0.2, 0.25) is 0 Å². The van der Waals surface area contributed by atoms with Crippen molar-refractivity contribution in [2.45, 2.75) is 11.3 Å². The highest BCUT2D eigenvalue weighted by Gasteiger charge is 2.29. The maximum atomic E-state index is 5.42. The van der Waals surface area contributed by atoms with Gasteiger partial charge in [-0.2, -0.15) is 0 Å². The van der Waals surface area contributed by atoms with Gasteiger partial charge in [-0.3, -0.25) is 4.99 Å². The number of aliphatic imine (C=N–C) groups is 1. The number of nitrogens with zero attached hydrogens (tertiary/aromatic N) is 2. The van der Waals surface area contributed by atoms with Crippen LogP contribution in [0.25, 0.3) is 0 Å². The zero-order valence-electron chi connectivity index (χ0n) is 9.47. The second-order valence-electron chi connectivity index (χ2n) is 3.94. The van der Waals surface area contributed by atoms with Crippen LogP contribution in [0.1, 0.15) is 12.0 Å². The van der Waals surface area contributed by atoms with Gasteiger partial charge < -0.3 is 9.64 Å². The van der Waals surface area contributed by atoms with E-state index in [0.717, 1.165) is 41.0 Å². The maximum Gasteiger partial charge on any atom is 0.146 e. The predicted molar refractivity (Wildman–Crippen MR) is 74.2 cm³/mol. The molecule has 0 atom stereocenters. The minimum absolute atomic E-state index is 0.866. The lowest BCUT2D eigenvalue weighted by Crippen LogP contribution is -2.41. The average molecular weight is 264 g/mol. The van der Waals surface area contributed by atoms with E-state index in [9.17, 15) is 0 Å². The van der Waals surface area contributed by atoms with Gasteiger partial charge in [0, 0.05) is 23.5 Å². The third-order valence-electron chi connectivity index (χ3n) is 2.90. The summed E-state index contributed by atoms with van der Waals surface area (Å²) >= 11 is 7.06. The first-order valence-electron chi connectivity index (χ1n) is 5.52. The molecule has 0 radical (unpaired) electrons. The molecule has 3 rings (SSSR count). The Morgan fingerprint density at radius 1 is 1.47 bits per heavy atom. The molecule has 0 aliphatic carbocycles. The highest BCUT2D eigenvalue weighted by molar-refractivity contribution is 8.23. The number of hydrogen-bond acceptors (Lipinski definition) is 4. The molecule has 1 aromatic carbocycles. The molecule has 3 nitrogen and oxygen atoms in total. The van der Waals surface area contributed by atoms with Crippen LogP contribution in [0.5, 0.6) is 5.75 Å². The molecular formula is C12H12N2OS2. The summed E-state index contributed by atoms with van der Waals surface area (Å²) in [4.78, 5) is 7.91. The van der Waals surface area contributed by atoms with Crippen molar-refractivity contribution in [1.29, 1.82) is 0 Å². The summed E-state index contributed by atoms with van der Waals surface area (Å²) in [5.74, 6) is 1.87. The Labute approximate surface area is 110 Å². The molecule has 88 valence electrons. The quantitative estimate of drug-likeness (QED) is 0.728. The SMILES string of the molecule is COc1ccc2c(c1)C1=NCCCN1C(=S)S2. The molecule has 0 N–H and O–H groups in total. The molecule has 0 fully saturated rings. The first kappa shape index (κ1) is 11.0. The Bertz CT molecular complexity index is 513. The van der Waals surface area contributed by atoms with Gasteiger partial charge in [0.2, 0.25) is 0 Å². The number of ether oxygens (including phenoxy) is 1. The fraction of sp³-hybridized carbons (Fsp3) is 0.333. The predicted octanol–water partition coefficient (Wildman–Crippen LogP) is 2.54. The monoisotopic (exact) mass is 264 g/mol. The minimum Gasteiger partial charge on any atom is -0.497 e. The van der Waals surface area contributed by atoms with Crippen molar-refractivity contribution in [2.24, 2.45) is 4.99 Å². The molecule has 0 spiro atoms. The van der Waals surface area contributed by atoms with E-state index in [2.05, 4.69) is 16.0 Å². The van der Waals surface area contributed by atoms with E-state index in [1.165, 1.54) is 4.90 Å². The number of thiocarbonyl (C=S) groups is 1. The van der Waals surface area contributed by atoms with Gasteiger partial charge in [0.25, 0.3) is 0 Å². The van der Waals surface area contributed by atoms with Gasteiger partial charge in [-0.15, -0.1) is 0 Å². The minimum atomic E-state index is 0.866. The number of benzene rings is 1. The van der Waals surface area contributed by atoms with Gasteiger partial charge in [0.15, 0.2) is 0 Å². The summed E-state index contributed by atoms with van der Waals surface area (Å²) < 4.78 is 6.18. The van der Waals surface area contributed by atoms with E-state index in [0.29, 0.717) is 0 Å². The summed E-state index contributed by atoms with van der Waals surface area (Å²) in [6.45, 7) is 1.86. The summed E-state index contributed by atoms with van der Waals surface area (Å²) in [6, 6.07) is 6.06. The summed E-state index contributed by atoms with van der Waals surface area (Å²) in [5, 5.41) is 0. The molecule has 5 heteroatoms. The highest BCUT2D eigenvalue weighted by atomic mass is 32.2. The smallest absolute Gasteiger partial charge is 0.146 e. The van der Waals surface area contributed by atoms with Gasteiger partial charge in [-0.1, -0.05) is 24.0 Å². The first-order valence-corrected chi connectivity index (χ1v) is 6.74. The molecule has 2 aliphatic heterocycles. The molecule has 0 unspecified atom stereocenters. The Morgan fingerprint density at radius 2 is 2.35 bits per heavy atom. The number of hydrogen-bond donors (Lipinski definition) is 0. The Hall–Kier alpha value is -1.07. The molecule has 17 heavy (non-hydrogen) atoms. The van der Waals surface area contributed by atoms with Crippen molar-refractivity contribution < 1.29 is 4.74 Å². The zero-order valence-corrected chi connectivity index (χ0v) is 11.1. The molecule has 2 aliphatic rings. The molecule has 2 heterocycles. The van der Waals surface area contributed by atoms with Crippen LogP contribution in [0, 0.1) is 0 Å². The molecule has 0 saturated heterocycles. The molecule has 0 aromatic heterocycles. The van der Waals surface area contributed by atoms with Crippen molar-refractivity contribution in [3.8, 4) is 5.75 Å². The van der Waals surface area contributed by atoms with Gasteiger partial charge in [-0.05, 0) is 24.6 Å². The van der Waals surface area contributed by atoms with Crippen molar-refractivity contribution in [1.82, 2.24) is 4.90 Å². The van der Waals surface area contributed by atoms with Crippen LogP contribution in [-0.4, -0.2) is 35.3 Å². The molecule has 0 bridgehead atoms. The van der Waals surface area contributed by atoms with Crippen molar-refractivity contribution in [2.75, 3.05) is 20.2 Å². The largest absolute Gasteiger partial charge is 0.497 e. The van der Waals surface area contributed by atoms with Gasteiger partial charge in [0.1, 0.15) is 15.9 Å². The summed E-state index contributed by atoms with van der Waals surface area (Å²) in [6.07, 6.45) is 1.07. The standard InChI is InChI=1S/C12H12N2OS2/c1-15-8-3-4-10-9(7-8)11-13-5-2-6-14(11)12(16)17-10/h3-4,7H,2,5-6H2,1H3. The Balaban J connectivity index is 2.14. The number of fused-ring (bicyclic) bond motifs is 3. The van der Waals surface area contributed by atoms with E-state index in [-0.39, 0.29) is 0 Å². The molecule has 0 amide bonds. The molecule has 1 aromatic rings. The third kappa shape index (κ3) is 1.83. The fourth-order valence-electron chi connectivity index (χ4n) is 2.06. The van der Waals surface area contributed by atoms with Crippen LogP contribution in [-0.2, 0) is 0 Å². The van der Waals surface area contributed by atoms with Crippen LogP contribution >= 0.6 is 24.0 Å². The second kappa shape index (κ2) is 4.31. The van der Waals surface area contributed by atoms with Crippen molar-refractivity contribution in [3.63, 3.8) is 0 Å². The lowest BCUT2D eigenvalue weighted by atomic mass is 10.1. The third-order valence-corrected chi connectivity index (χ3v) is 4.34. The molecular weight excluding hydrogens is 252 g/mol. The lowest BCUT2D eigenvalue weighted by Gasteiger charge is -2.34. The maximum absolute atomic E-state index is 5.42. The van der Waals surface area contributed by atoms with Crippen LogP contribution in [0.3, 0.4) is 0 Å². The molecule has 0 saturated carbocycles. The van der Waals surface area contributed by atoms with Crippen LogP contribution in [0.4, 0.5) is 0 Å². The van der Waals surface area contributed by atoms with Crippen molar-refractivity contribution in [3.05, 3.63) is 23.8 Å². The van der Waals surface area contributed by atoms with Crippen molar-refractivity contribution >= 4 is 34.1 Å². The number of methoxy groups -OCH3 is 1. The van der Waals surface area contributed by atoms with E-state index < -0.39 is 0 Å². The van der Waals surface area contributed by atoms with E-state index in [1.807, 2.05) is 12.1 Å². The second-order valence-corrected chi connectivity index (χ2v) is 5.62. The number of rotatable bonds is 1. The highest BCUT2D eigenvalue weighted by Crippen LogP contribution is 2.35. The number of amidine groups is 1. The van der Waals surface area contributed by atoms with E-state index in [1.54, 1.807) is 18.9 Å².